The molecule has 8 heteroatoms. The normalized spacial score (nSPS) is 12.4. The van der Waals surface area contributed by atoms with Crippen LogP contribution in [0.2, 0.25) is 0 Å². The van der Waals surface area contributed by atoms with Crippen LogP contribution in [-0.2, 0) is 33.4 Å². The molecule has 0 aromatic rings. The summed E-state index contributed by atoms with van der Waals surface area (Å²) in [4.78, 5) is 41.0. The highest BCUT2D eigenvalue weighted by atomic mass is 16.5. The summed E-state index contributed by atoms with van der Waals surface area (Å²) in [6, 6.07) is 0. The van der Waals surface area contributed by atoms with E-state index in [-0.39, 0.29) is 11.9 Å². The van der Waals surface area contributed by atoms with Crippen molar-refractivity contribution in [3.05, 3.63) is 73.4 Å². The smallest absolute Gasteiger partial charge is 0.332 e. The molecule has 0 aromatic heterocycles. The van der Waals surface area contributed by atoms with Gasteiger partial charge in [0.25, 0.3) is 0 Å². The standard InChI is InChI=1S/C13H20O.C7H12O2.C5H8O2.C4H6O2.C3H7N/c1-11(2)5-3-6-12-7-4-8-13(9-12)10-14;1-3-5-6-9-7(8)4-2;1-4(2)5(6)7-3;1-3-4(5)6-2;1-2-3-4/h5,7,10,13H,3-4,6,8-9H2,1-2H3;4H,2-3,5-6H2,1H3;1H2,2-3H3;3H,1H2,2H3;2H,1,3-4H2. The van der Waals surface area contributed by atoms with Crippen molar-refractivity contribution < 1.29 is 33.4 Å². The monoisotopic (exact) mass is 563 g/mol. The Morgan fingerprint density at radius 2 is 1.62 bits per heavy atom. The van der Waals surface area contributed by atoms with Crippen molar-refractivity contribution in [2.24, 2.45) is 11.7 Å². The number of carbonyl (C=O) groups excluding carboxylic acids is 4. The van der Waals surface area contributed by atoms with E-state index in [4.69, 9.17) is 5.73 Å². The maximum Gasteiger partial charge on any atom is 0.332 e. The van der Waals surface area contributed by atoms with Gasteiger partial charge in [-0.15, -0.1) is 6.58 Å². The quantitative estimate of drug-likeness (QED) is 0.0767. The highest BCUT2D eigenvalue weighted by Crippen LogP contribution is 2.25. The van der Waals surface area contributed by atoms with Gasteiger partial charge >= 0.3 is 17.9 Å². The molecule has 0 aliphatic heterocycles. The molecule has 1 aliphatic carbocycles. The van der Waals surface area contributed by atoms with Gasteiger partial charge in [-0.2, -0.15) is 0 Å². The summed E-state index contributed by atoms with van der Waals surface area (Å²) in [5.74, 6) is -0.778. The lowest BCUT2D eigenvalue weighted by molar-refractivity contribution is -0.138. The minimum Gasteiger partial charge on any atom is -0.466 e. The molecule has 0 saturated carbocycles. The van der Waals surface area contributed by atoms with Crippen LogP contribution in [0.3, 0.4) is 0 Å². The third-order valence-corrected chi connectivity index (χ3v) is 4.68. The fraction of sp³-hybridized carbons (Fsp3) is 0.500. The fourth-order valence-corrected chi connectivity index (χ4v) is 2.52. The number of unbranched alkanes of at least 4 members (excludes halogenated alkanes) is 1. The number of hydrogen-bond donors (Lipinski definition) is 1. The van der Waals surface area contributed by atoms with E-state index >= 15 is 0 Å². The molecule has 0 aromatic carbocycles. The molecule has 1 rings (SSSR count). The van der Waals surface area contributed by atoms with Gasteiger partial charge in [-0.1, -0.05) is 62.5 Å². The summed E-state index contributed by atoms with van der Waals surface area (Å²) in [6.45, 7) is 22.1. The first-order valence-corrected chi connectivity index (χ1v) is 13.2. The highest BCUT2D eigenvalue weighted by molar-refractivity contribution is 5.86. The zero-order valence-electron chi connectivity index (χ0n) is 25.7. The van der Waals surface area contributed by atoms with Crippen molar-refractivity contribution in [1.29, 1.82) is 0 Å². The van der Waals surface area contributed by atoms with E-state index < -0.39 is 5.97 Å². The fourth-order valence-electron chi connectivity index (χ4n) is 2.52. The Bertz CT molecular complexity index is 806. The average Bonchev–Trinajstić information content (AvgIpc) is 2.97. The van der Waals surface area contributed by atoms with Crippen molar-refractivity contribution in [3.8, 4) is 0 Å². The minimum absolute atomic E-state index is 0.293. The van der Waals surface area contributed by atoms with Crippen molar-refractivity contribution >= 4 is 24.2 Å². The second-order valence-electron chi connectivity index (χ2n) is 8.61. The predicted octanol–water partition coefficient (Wildman–Crippen LogP) is 6.39. The second kappa shape index (κ2) is 33.5. The van der Waals surface area contributed by atoms with Crippen molar-refractivity contribution in [2.75, 3.05) is 27.4 Å². The molecule has 1 unspecified atom stereocenters. The molecule has 8 nitrogen and oxygen atoms in total. The number of carbonyl (C=O) groups is 4. The largest absolute Gasteiger partial charge is 0.466 e. The summed E-state index contributed by atoms with van der Waals surface area (Å²) in [6.07, 6.45) is 17.0. The van der Waals surface area contributed by atoms with Gasteiger partial charge in [0.05, 0.1) is 20.8 Å². The molecule has 228 valence electrons. The Hall–Kier alpha value is -3.52. The topological polar surface area (TPSA) is 122 Å². The number of hydrogen-bond acceptors (Lipinski definition) is 8. The van der Waals surface area contributed by atoms with Crippen LogP contribution in [0, 0.1) is 5.92 Å². The van der Waals surface area contributed by atoms with E-state index in [1.807, 2.05) is 6.92 Å². The van der Waals surface area contributed by atoms with Crippen molar-refractivity contribution in [1.82, 2.24) is 0 Å². The van der Waals surface area contributed by atoms with Crippen molar-refractivity contribution in [3.63, 3.8) is 0 Å². The summed E-state index contributed by atoms with van der Waals surface area (Å²) < 4.78 is 13.1. The lowest BCUT2D eigenvalue weighted by Gasteiger charge is -2.17. The molecule has 0 bridgehead atoms. The van der Waals surface area contributed by atoms with Crippen LogP contribution in [-0.4, -0.2) is 51.6 Å². The van der Waals surface area contributed by atoms with Gasteiger partial charge in [-0.3, -0.25) is 0 Å². The molecule has 0 saturated heterocycles. The first-order chi connectivity index (χ1) is 18.9. The Kier molecular flexibility index (Phi) is 36.5. The SMILES string of the molecule is C=C(C)C(=O)OC.C=CC(=O)OC.C=CC(=O)OCCCC.C=CCN.CC(C)=CCCC1=CCCC(C=O)C1. The van der Waals surface area contributed by atoms with Gasteiger partial charge in [-0.25, -0.2) is 14.4 Å². The molecule has 1 aliphatic rings. The predicted molar refractivity (Wildman–Crippen MR) is 165 cm³/mol. The minimum atomic E-state index is -0.394. The highest BCUT2D eigenvalue weighted by Gasteiger charge is 2.13. The molecular formula is C32H53NO7. The van der Waals surface area contributed by atoms with Crippen molar-refractivity contribution in [2.45, 2.75) is 72.6 Å². The van der Waals surface area contributed by atoms with E-state index in [0.29, 0.717) is 24.6 Å². The number of methoxy groups -OCH3 is 2. The Labute approximate surface area is 242 Å². The maximum atomic E-state index is 10.6. The van der Waals surface area contributed by atoms with E-state index in [0.717, 1.165) is 57.3 Å². The summed E-state index contributed by atoms with van der Waals surface area (Å²) in [5.41, 5.74) is 8.20. The number of rotatable bonds is 11. The molecule has 40 heavy (non-hydrogen) atoms. The number of allylic oxidation sites excluding steroid dienone is 4. The van der Waals surface area contributed by atoms with Crippen LogP contribution in [0.5, 0.6) is 0 Å². The molecule has 0 fully saturated rings. The Morgan fingerprint density at radius 1 is 1.05 bits per heavy atom. The van der Waals surface area contributed by atoms with Crippen LogP contribution < -0.4 is 5.73 Å². The lowest BCUT2D eigenvalue weighted by Crippen LogP contribution is -2.07. The zero-order valence-corrected chi connectivity index (χ0v) is 25.7. The van der Waals surface area contributed by atoms with Gasteiger partial charge in [-0.05, 0) is 59.3 Å². The molecule has 0 spiro atoms. The Morgan fingerprint density at radius 3 is 1.95 bits per heavy atom. The van der Waals surface area contributed by atoms with Crippen LogP contribution in [0.1, 0.15) is 72.6 Å². The third kappa shape index (κ3) is 36.6. The number of aldehydes is 1. The number of esters is 3. The molecule has 1 atom stereocenters. The molecule has 0 radical (unpaired) electrons. The van der Waals surface area contributed by atoms with Gasteiger partial charge < -0.3 is 24.7 Å². The maximum absolute atomic E-state index is 10.6. The van der Waals surface area contributed by atoms with E-state index in [1.165, 1.54) is 31.4 Å². The van der Waals surface area contributed by atoms with Crippen LogP contribution in [0.15, 0.2) is 73.4 Å². The third-order valence-electron chi connectivity index (χ3n) is 4.68. The molecule has 0 heterocycles. The summed E-state index contributed by atoms with van der Waals surface area (Å²) >= 11 is 0. The molecule has 2 N–H and O–H groups in total. The summed E-state index contributed by atoms with van der Waals surface area (Å²) in [7, 11) is 2.64. The van der Waals surface area contributed by atoms with Crippen LogP contribution in [0.4, 0.5) is 0 Å². The van der Waals surface area contributed by atoms with Gasteiger partial charge in [0, 0.05) is 30.2 Å². The van der Waals surface area contributed by atoms with Gasteiger partial charge in [0.15, 0.2) is 0 Å². The Balaban J connectivity index is -0.000000218. The first-order valence-electron chi connectivity index (χ1n) is 13.2. The van der Waals surface area contributed by atoms with Crippen LogP contribution >= 0.6 is 0 Å². The van der Waals surface area contributed by atoms with Crippen LogP contribution in [0.25, 0.3) is 0 Å². The zero-order chi connectivity index (χ0) is 31.8. The van der Waals surface area contributed by atoms with Gasteiger partial charge in [0.1, 0.15) is 6.29 Å². The molecular weight excluding hydrogens is 510 g/mol. The molecule has 0 amide bonds. The number of ether oxygens (including phenoxy) is 3. The average molecular weight is 564 g/mol. The lowest BCUT2D eigenvalue weighted by atomic mass is 9.88. The van der Waals surface area contributed by atoms with E-state index in [1.54, 1.807) is 13.0 Å². The van der Waals surface area contributed by atoms with E-state index in [9.17, 15) is 19.2 Å². The second-order valence-corrected chi connectivity index (χ2v) is 8.61. The number of nitrogens with two attached hydrogens (primary N) is 1. The summed E-state index contributed by atoms with van der Waals surface area (Å²) in [5, 5.41) is 0. The first kappa shape index (κ1) is 43.5. The van der Waals surface area contributed by atoms with Gasteiger partial charge in [0.2, 0.25) is 0 Å². The van der Waals surface area contributed by atoms with E-state index in [2.05, 4.69) is 66.5 Å².